The van der Waals surface area contributed by atoms with Crippen LogP contribution in [0.25, 0.3) is 0 Å². The Kier molecular flexibility index (Phi) is 3.95. The molecule has 1 aromatic rings. The minimum atomic E-state index is -0.561. The molecular formula is C6H11N5O3. The molecule has 0 aliphatic carbocycles. The summed E-state index contributed by atoms with van der Waals surface area (Å²) in [6.07, 6.45) is 0. The van der Waals surface area contributed by atoms with E-state index in [2.05, 4.69) is 20.4 Å². The Morgan fingerprint density at radius 3 is 3.07 bits per heavy atom. The Labute approximate surface area is 79.9 Å². The van der Waals surface area contributed by atoms with Gasteiger partial charge in [-0.25, -0.2) is 15.4 Å². The van der Waals surface area contributed by atoms with E-state index < -0.39 is 5.97 Å². The maximum Gasteiger partial charge on any atom is 0.378 e. The van der Waals surface area contributed by atoms with Gasteiger partial charge in [-0.15, -0.1) is 5.10 Å². The van der Waals surface area contributed by atoms with E-state index in [9.17, 15) is 4.79 Å². The van der Waals surface area contributed by atoms with Crippen molar-refractivity contribution in [1.82, 2.24) is 20.2 Å². The number of carbonyl (C=O) groups excluding carboxylic acids is 1. The van der Waals surface area contributed by atoms with Gasteiger partial charge >= 0.3 is 5.97 Å². The normalized spacial score (nSPS) is 10.1. The number of nitrogens with two attached hydrogens (primary N) is 1. The smallest absolute Gasteiger partial charge is 0.378 e. The summed E-state index contributed by atoms with van der Waals surface area (Å²) in [7, 11) is 0. The lowest BCUT2D eigenvalue weighted by molar-refractivity contribution is 0.0499. The van der Waals surface area contributed by atoms with Crippen LogP contribution in [0.15, 0.2) is 0 Å². The number of hydrogen-bond acceptors (Lipinski definition) is 7. The van der Waals surface area contributed by atoms with E-state index >= 15 is 0 Å². The first-order chi connectivity index (χ1) is 6.79. The van der Waals surface area contributed by atoms with Crippen molar-refractivity contribution in [2.45, 2.75) is 13.5 Å². The Morgan fingerprint density at radius 2 is 2.43 bits per heavy atom. The van der Waals surface area contributed by atoms with E-state index in [4.69, 9.17) is 10.6 Å². The summed E-state index contributed by atoms with van der Waals surface area (Å²) in [5.41, 5.74) is 0. The van der Waals surface area contributed by atoms with Crippen molar-refractivity contribution in [2.75, 3.05) is 13.2 Å². The third-order valence-electron chi connectivity index (χ3n) is 1.41. The third kappa shape index (κ3) is 2.47. The van der Waals surface area contributed by atoms with Crippen molar-refractivity contribution < 1.29 is 14.4 Å². The first kappa shape index (κ1) is 10.5. The van der Waals surface area contributed by atoms with Crippen molar-refractivity contribution in [1.29, 1.82) is 0 Å². The molecule has 0 saturated heterocycles. The number of nitrogens with zero attached hydrogens (tertiary/aromatic N) is 4. The fourth-order valence-electron chi connectivity index (χ4n) is 0.836. The molecule has 0 aromatic carbocycles. The molecule has 2 N–H and O–H groups in total. The zero-order valence-corrected chi connectivity index (χ0v) is 7.71. The van der Waals surface area contributed by atoms with E-state index in [-0.39, 0.29) is 19.0 Å². The number of rotatable bonds is 5. The summed E-state index contributed by atoms with van der Waals surface area (Å²) in [4.78, 5) is 15.6. The van der Waals surface area contributed by atoms with Crippen LogP contribution in [0.3, 0.4) is 0 Å². The van der Waals surface area contributed by atoms with Gasteiger partial charge in [0.1, 0.15) is 0 Å². The van der Waals surface area contributed by atoms with Gasteiger partial charge in [-0.05, 0) is 17.4 Å². The number of esters is 1. The lowest BCUT2D eigenvalue weighted by atomic mass is 10.6. The molecule has 0 aliphatic heterocycles. The Morgan fingerprint density at radius 1 is 1.64 bits per heavy atom. The number of aromatic nitrogens is 4. The van der Waals surface area contributed by atoms with Crippen LogP contribution in [-0.4, -0.2) is 39.4 Å². The number of hydrogen-bond donors (Lipinski definition) is 1. The van der Waals surface area contributed by atoms with Gasteiger partial charge in [-0.1, -0.05) is 0 Å². The van der Waals surface area contributed by atoms with Crippen LogP contribution in [0.4, 0.5) is 0 Å². The SMILES string of the molecule is CCOC(=O)c1nnnn1CCON. The predicted molar refractivity (Wildman–Crippen MR) is 43.9 cm³/mol. The van der Waals surface area contributed by atoms with Crippen LogP contribution in [-0.2, 0) is 16.1 Å². The van der Waals surface area contributed by atoms with Crippen molar-refractivity contribution >= 4 is 5.97 Å². The standard InChI is InChI=1S/C6H11N5O3/c1-2-13-6(12)5-8-9-10-11(5)3-4-14-7/h2-4,7H2,1H3. The molecule has 0 amide bonds. The van der Waals surface area contributed by atoms with Crippen molar-refractivity contribution in [3.63, 3.8) is 0 Å². The van der Waals surface area contributed by atoms with Gasteiger partial charge < -0.3 is 9.57 Å². The molecule has 78 valence electrons. The lowest BCUT2D eigenvalue weighted by Crippen LogP contribution is -2.18. The Balaban J connectivity index is 2.66. The van der Waals surface area contributed by atoms with Crippen molar-refractivity contribution in [3.05, 3.63) is 5.82 Å². The van der Waals surface area contributed by atoms with Crippen LogP contribution >= 0.6 is 0 Å². The van der Waals surface area contributed by atoms with Crippen LogP contribution < -0.4 is 5.90 Å². The highest BCUT2D eigenvalue weighted by Crippen LogP contribution is 1.95. The summed E-state index contributed by atoms with van der Waals surface area (Å²) in [6, 6.07) is 0. The molecule has 0 saturated carbocycles. The monoisotopic (exact) mass is 201 g/mol. The molecule has 0 atom stereocenters. The summed E-state index contributed by atoms with van der Waals surface area (Å²) in [5, 5.41) is 10.4. The van der Waals surface area contributed by atoms with E-state index in [1.54, 1.807) is 6.92 Å². The molecule has 0 spiro atoms. The summed E-state index contributed by atoms with van der Waals surface area (Å²) >= 11 is 0. The molecule has 14 heavy (non-hydrogen) atoms. The first-order valence-corrected chi connectivity index (χ1v) is 4.04. The number of ether oxygens (including phenoxy) is 1. The van der Waals surface area contributed by atoms with Gasteiger partial charge in [-0.2, -0.15) is 0 Å². The summed E-state index contributed by atoms with van der Waals surface area (Å²) in [6.45, 7) is 2.50. The van der Waals surface area contributed by atoms with Crippen molar-refractivity contribution in [3.8, 4) is 0 Å². The summed E-state index contributed by atoms with van der Waals surface area (Å²) in [5.74, 6) is 4.32. The fourth-order valence-corrected chi connectivity index (χ4v) is 0.836. The molecule has 1 rings (SSSR count). The zero-order chi connectivity index (χ0) is 10.4. The van der Waals surface area contributed by atoms with Gasteiger partial charge in [0, 0.05) is 0 Å². The van der Waals surface area contributed by atoms with E-state index in [1.165, 1.54) is 4.68 Å². The van der Waals surface area contributed by atoms with E-state index in [0.29, 0.717) is 6.54 Å². The Bertz CT molecular complexity index is 299. The molecule has 8 nitrogen and oxygen atoms in total. The third-order valence-corrected chi connectivity index (χ3v) is 1.41. The highest BCUT2D eigenvalue weighted by atomic mass is 16.6. The first-order valence-electron chi connectivity index (χ1n) is 4.04. The maximum atomic E-state index is 11.2. The molecule has 1 aromatic heterocycles. The van der Waals surface area contributed by atoms with E-state index in [0.717, 1.165) is 0 Å². The molecule has 0 aliphatic rings. The topological polar surface area (TPSA) is 105 Å². The largest absolute Gasteiger partial charge is 0.460 e. The number of carbonyl (C=O) groups is 1. The van der Waals surface area contributed by atoms with E-state index in [1.807, 2.05) is 0 Å². The van der Waals surface area contributed by atoms with Crippen molar-refractivity contribution in [2.24, 2.45) is 5.90 Å². The van der Waals surface area contributed by atoms with Gasteiger partial charge in [0.05, 0.1) is 19.8 Å². The van der Waals surface area contributed by atoms with Crippen LogP contribution in [0.1, 0.15) is 17.5 Å². The molecule has 8 heteroatoms. The van der Waals surface area contributed by atoms with Gasteiger partial charge in [-0.3, -0.25) is 0 Å². The van der Waals surface area contributed by atoms with Gasteiger partial charge in [0.15, 0.2) is 0 Å². The minimum Gasteiger partial charge on any atom is -0.460 e. The average Bonchev–Trinajstić information content (AvgIpc) is 2.63. The van der Waals surface area contributed by atoms with Gasteiger partial charge in [0.2, 0.25) is 0 Å². The maximum absolute atomic E-state index is 11.2. The predicted octanol–water partition coefficient (Wildman–Crippen LogP) is -1.26. The minimum absolute atomic E-state index is 0.0453. The quantitative estimate of drug-likeness (QED) is 0.468. The second-order valence-electron chi connectivity index (χ2n) is 2.32. The molecule has 0 fully saturated rings. The fraction of sp³-hybridized carbons (Fsp3) is 0.667. The molecule has 1 heterocycles. The van der Waals surface area contributed by atoms with Crippen LogP contribution in [0.2, 0.25) is 0 Å². The van der Waals surface area contributed by atoms with Crippen LogP contribution in [0.5, 0.6) is 0 Å². The molecular weight excluding hydrogens is 190 g/mol. The lowest BCUT2D eigenvalue weighted by Gasteiger charge is -2.02. The zero-order valence-electron chi connectivity index (χ0n) is 7.71. The Hall–Kier alpha value is -1.54. The summed E-state index contributed by atoms with van der Waals surface area (Å²) < 4.78 is 6.00. The second-order valence-corrected chi connectivity index (χ2v) is 2.32. The highest BCUT2D eigenvalue weighted by molar-refractivity contribution is 5.85. The number of tetrazole rings is 1. The molecule has 0 unspecified atom stereocenters. The van der Waals surface area contributed by atoms with Crippen LogP contribution in [0, 0.1) is 0 Å². The molecule has 0 radical (unpaired) electrons. The average molecular weight is 201 g/mol. The van der Waals surface area contributed by atoms with Gasteiger partial charge in [0.25, 0.3) is 5.82 Å². The molecule has 0 bridgehead atoms. The highest BCUT2D eigenvalue weighted by Gasteiger charge is 2.15. The second kappa shape index (κ2) is 5.25.